The minimum Gasteiger partial charge on any atom is -0.464 e. The predicted octanol–water partition coefficient (Wildman–Crippen LogP) is 4.43. The first-order chi connectivity index (χ1) is 19.4. The smallest absolute Gasteiger partial charge is 0.272 e. The van der Waals surface area contributed by atoms with Gasteiger partial charge in [0.15, 0.2) is 5.78 Å². The van der Waals surface area contributed by atoms with Crippen LogP contribution in [0.4, 0.5) is 4.39 Å². The third-order valence-corrected chi connectivity index (χ3v) is 7.59. The topological polar surface area (TPSA) is 99.5 Å². The standard InChI is InChI=1S/C31H27FN4O4/c1-19-16-36(13-12-35(19)17-28(37)25-18-40-29-9-5-4-7-22(25)29)31(39)24-14-20(10-11-26(24)32)15-27-21-6-2-3-8-23(21)30(38)34-33-27/h2-11,14,18-19H,12-13,15-17H2,1H3,(H,34,38). The number of benzene rings is 3. The van der Waals surface area contributed by atoms with Crippen LogP contribution in [-0.2, 0) is 6.42 Å². The number of hydrogen-bond donors (Lipinski definition) is 1. The zero-order valence-electron chi connectivity index (χ0n) is 21.9. The van der Waals surface area contributed by atoms with Crippen molar-refractivity contribution >= 4 is 33.4 Å². The van der Waals surface area contributed by atoms with Gasteiger partial charge >= 0.3 is 0 Å². The van der Waals surface area contributed by atoms with Gasteiger partial charge in [-0.2, -0.15) is 5.10 Å². The number of carbonyl (C=O) groups is 2. The highest BCUT2D eigenvalue weighted by atomic mass is 19.1. The summed E-state index contributed by atoms with van der Waals surface area (Å²) in [5, 5.41) is 8.74. The maximum Gasteiger partial charge on any atom is 0.272 e. The molecule has 8 nitrogen and oxygen atoms in total. The van der Waals surface area contributed by atoms with Gasteiger partial charge in [0.2, 0.25) is 0 Å². The third-order valence-electron chi connectivity index (χ3n) is 7.59. The van der Waals surface area contributed by atoms with Crippen molar-refractivity contribution in [2.75, 3.05) is 26.2 Å². The van der Waals surface area contributed by atoms with E-state index >= 15 is 0 Å². The molecule has 1 atom stereocenters. The molecular formula is C31H27FN4O4. The van der Waals surface area contributed by atoms with Gasteiger partial charge in [0, 0.05) is 42.9 Å². The number of furan rings is 1. The van der Waals surface area contributed by atoms with E-state index in [1.54, 1.807) is 29.2 Å². The van der Waals surface area contributed by atoms with Crippen LogP contribution in [0, 0.1) is 5.82 Å². The molecule has 1 fully saturated rings. The number of aromatic amines is 1. The Morgan fingerprint density at radius 1 is 1.00 bits per heavy atom. The summed E-state index contributed by atoms with van der Waals surface area (Å²) >= 11 is 0. The molecule has 1 N–H and O–H groups in total. The number of nitrogens with zero attached hydrogens (tertiary/aromatic N) is 3. The Hall–Kier alpha value is -4.63. The summed E-state index contributed by atoms with van der Waals surface area (Å²) in [5.74, 6) is -1.03. The van der Waals surface area contributed by atoms with Crippen LogP contribution in [0.5, 0.6) is 0 Å². The van der Waals surface area contributed by atoms with Crippen molar-refractivity contribution in [3.05, 3.63) is 112 Å². The van der Waals surface area contributed by atoms with Crippen molar-refractivity contribution in [2.24, 2.45) is 0 Å². The minimum absolute atomic E-state index is 0.00664. The lowest BCUT2D eigenvalue weighted by atomic mass is 10.0. The van der Waals surface area contributed by atoms with E-state index in [1.165, 1.54) is 12.3 Å². The molecule has 1 unspecified atom stereocenters. The van der Waals surface area contributed by atoms with E-state index in [2.05, 4.69) is 10.2 Å². The molecular weight excluding hydrogens is 511 g/mol. The number of nitrogens with one attached hydrogen (secondary N) is 1. The lowest BCUT2D eigenvalue weighted by Crippen LogP contribution is -2.54. The number of carbonyl (C=O) groups excluding carboxylic acids is 2. The van der Waals surface area contributed by atoms with Crippen molar-refractivity contribution in [1.29, 1.82) is 0 Å². The fourth-order valence-corrected chi connectivity index (χ4v) is 5.39. The van der Waals surface area contributed by atoms with Gasteiger partial charge in [-0.15, -0.1) is 0 Å². The van der Waals surface area contributed by atoms with Crippen LogP contribution in [0.15, 0.2) is 82.2 Å². The van der Waals surface area contributed by atoms with E-state index in [0.717, 1.165) is 5.39 Å². The summed E-state index contributed by atoms with van der Waals surface area (Å²) in [6.07, 6.45) is 1.82. The van der Waals surface area contributed by atoms with Gasteiger partial charge in [-0.25, -0.2) is 9.49 Å². The van der Waals surface area contributed by atoms with Crippen LogP contribution >= 0.6 is 0 Å². The van der Waals surface area contributed by atoms with Gasteiger partial charge in [0.05, 0.1) is 28.8 Å². The molecule has 3 heterocycles. The number of hydrogen-bond acceptors (Lipinski definition) is 6. The Labute approximate surface area is 229 Å². The summed E-state index contributed by atoms with van der Waals surface area (Å²) in [5.41, 5.74) is 2.28. The SMILES string of the molecule is CC1CN(C(=O)c2cc(Cc3n[nH]c(=O)c4ccccc34)ccc2F)CCN1CC(=O)c1coc2ccccc12. The lowest BCUT2D eigenvalue weighted by molar-refractivity contribution is 0.0498. The van der Waals surface area contributed by atoms with Crippen molar-refractivity contribution in [1.82, 2.24) is 20.0 Å². The summed E-state index contributed by atoms with van der Waals surface area (Å²) in [6.45, 7) is 3.39. The maximum absolute atomic E-state index is 14.9. The second kappa shape index (κ2) is 10.5. The fourth-order valence-electron chi connectivity index (χ4n) is 5.39. The largest absolute Gasteiger partial charge is 0.464 e. The van der Waals surface area contributed by atoms with Gasteiger partial charge in [-0.3, -0.25) is 19.3 Å². The summed E-state index contributed by atoms with van der Waals surface area (Å²) in [6, 6.07) is 19.0. The van der Waals surface area contributed by atoms with Crippen molar-refractivity contribution < 1.29 is 18.4 Å². The molecule has 0 saturated carbocycles. The number of ketones is 1. The first-order valence-electron chi connectivity index (χ1n) is 13.2. The van der Waals surface area contributed by atoms with Crippen LogP contribution < -0.4 is 5.56 Å². The van der Waals surface area contributed by atoms with E-state index in [9.17, 15) is 18.8 Å². The molecule has 0 radical (unpaired) electrons. The molecule has 3 aromatic carbocycles. The Balaban J connectivity index is 1.15. The fraction of sp³-hybridized carbons (Fsp3) is 0.226. The Morgan fingerprint density at radius 2 is 1.75 bits per heavy atom. The first-order valence-corrected chi connectivity index (χ1v) is 13.2. The lowest BCUT2D eigenvalue weighted by Gasteiger charge is -2.39. The van der Waals surface area contributed by atoms with Gasteiger partial charge in [0.25, 0.3) is 11.5 Å². The summed E-state index contributed by atoms with van der Waals surface area (Å²) in [7, 11) is 0. The average molecular weight is 539 g/mol. The van der Waals surface area contributed by atoms with Gasteiger partial charge in [0.1, 0.15) is 17.7 Å². The molecule has 6 rings (SSSR count). The van der Waals surface area contributed by atoms with E-state index in [4.69, 9.17) is 4.42 Å². The van der Waals surface area contributed by atoms with Crippen molar-refractivity contribution in [2.45, 2.75) is 19.4 Å². The van der Waals surface area contributed by atoms with E-state index < -0.39 is 11.7 Å². The van der Waals surface area contributed by atoms with E-state index in [0.29, 0.717) is 59.2 Å². The number of rotatable bonds is 6. The molecule has 0 spiro atoms. The molecule has 202 valence electrons. The molecule has 2 aromatic heterocycles. The van der Waals surface area contributed by atoms with Crippen LogP contribution in [0.1, 0.15) is 38.9 Å². The van der Waals surface area contributed by atoms with Crippen molar-refractivity contribution in [3.8, 4) is 0 Å². The van der Waals surface area contributed by atoms with Crippen LogP contribution in [-0.4, -0.2) is 63.9 Å². The predicted molar refractivity (Wildman–Crippen MR) is 149 cm³/mol. The summed E-state index contributed by atoms with van der Waals surface area (Å²) in [4.78, 5) is 42.3. The zero-order valence-corrected chi connectivity index (χ0v) is 21.9. The number of para-hydroxylation sites is 1. The number of fused-ring (bicyclic) bond motifs is 2. The molecule has 0 bridgehead atoms. The maximum atomic E-state index is 14.9. The Kier molecular flexibility index (Phi) is 6.73. The highest BCUT2D eigenvalue weighted by Crippen LogP contribution is 2.23. The number of amides is 1. The molecule has 1 aliphatic heterocycles. The molecule has 5 aromatic rings. The molecule has 1 amide bonds. The molecule has 0 aliphatic carbocycles. The minimum atomic E-state index is -0.592. The van der Waals surface area contributed by atoms with Crippen LogP contribution in [0.3, 0.4) is 0 Å². The molecule has 40 heavy (non-hydrogen) atoms. The third kappa shape index (κ3) is 4.80. The second-order valence-corrected chi connectivity index (χ2v) is 10.2. The highest BCUT2D eigenvalue weighted by Gasteiger charge is 2.30. The highest BCUT2D eigenvalue weighted by molar-refractivity contribution is 6.08. The summed E-state index contributed by atoms with van der Waals surface area (Å²) < 4.78 is 20.4. The monoisotopic (exact) mass is 538 g/mol. The van der Waals surface area contributed by atoms with Gasteiger partial charge < -0.3 is 9.32 Å². The molecule has 1 saturated heterocycles. The van der Waals surface area contributed by atoms with Gasteiger partial charge in [-0.1, -0.05) is 42.5 Å². The average Bonchev–Trinajstić information content (AvgIpc) is 3.41. The van der Waals surface area contributed by atoms with Crippen LogP contribution in [0.25, 0.3) is 21.7 Å². The number of piperazine rings is 1. The van der Waals surface area contributed by atoms with E-state index in [1.807, 2.05) is 48.2 Å². The van der Waals surface area contributed by atoms with E-state index in [-0.39, 0.29) is 29.5 Å². The number of aromatic nitrogens is 2. The normalized spacial score (nSPS) is 16.1. The zero-order chi connectivity index (χ0) is 27.8. The number of Topliss-reactive ketones (excluding diaryl/α,β-unsaturated/α-hetero) is 1. The number of H-pyrrole nitrogens is 1. The quantitative estimate of drug-likeness (QED) is 0.321. The van der Waals surface area contributed by atoms with Gasteiger partial charge in [-0.05, 0) is 36.8 Å². The molecule has 9 heteroatoms. The second-order valence-electron chi connectivity index (χ2n) is 10.2. The Morgan fingerprint density at radius 3 is 2.55 bits per heavy atom. The first kappa shape index (κ1) is 25.6. The van der Waals surface area contributed by atoms with Crippen molar-refractivity contribution in [3.63, 3.8) is 0 Å². The molecule has 1 aliphatic rings. The Bertz CT molecular complexity index is 1810. The number of halogens is 1. The van der Waals surface area contributed by atoms with Crippen LogP contribution in [0.2, 0.25) is 0 Å².